The van der Waals surface area contributed by atoms with E-state index in [0.29, 0.717) is 6.61 Å². The fourth-order valence-corrected chi connectivity index (χ4v) is 1.78. The molecule has 0 aliphatic carbocycles. The van der Waals surface area contributed by atoms with Gasteiger partial charge in [-0.3, -0.25) is 4.79 Å². The summed E-state index contributed by atoms with van der Waals surface area (Å²) in [7, 11) is 1.68. The molecule has 1 aliphatic rings. The van der Waals surface area contributed by atoms with E-state index in [-0.39, 0.29) is 17.4 Å². The van der Waals surface area contributed by atoms with Crippen LogP contribution in [0.4, 0.5) is 0 Å². The number of nitrogens with one attached hydrogen (secondary N) is 2. The fourth-order valence-electron chi connectivity index (χ4n) is 1.78. The van der Waals surface area contributed by atoms with Crippen LogP contribution in [0.25, 0.3) is 0 Å². The van der Waals surface area contributed by atoms with E-state index >= 15 is 0 Å². The van der Waals surface area contributed by atoms with Crippen molar-refractivity contribution in [3.63, 3.8) is 0 Å². The first-order valence-electron chi connectivity index (χ1n) is 5.59. The highest BCUT2D eigenvalue weighted by Gasteiger charge is 2.36. The minimum atomic E-state index is -0.221. The van der Waals surface area contributed by atoms with Crippen LogP contribution in [0.2, 0.25) is 0 Å². The van der Waals surface area contributed by atoms with Gasteiger partial charge in [-0.25, -0.2) is 0 Å². The van der Waals surface area contributed by atoms with Gasteiger partial charge < -0.3 is 15.4 Å². The molecule has 0 spiro atoms. The smallest absolute Gasteiger partial charge is 0.227 e. The van der Waals surface area contributed by atoms with Crippen LogP contribution in [0, 0.1) is 5.41 Å². The number of ether oxygens (including phenoxy) is 1. The van der Waals surface area contributed by atoms with Crippen LogP contribution in [-0.2, 0) is 9.53 Å². The summed E-state index contributed by atoms with van der Waals surface area (Å²) in [6.45, 7) is 6.46. The van der Waals surface area contributed by atoms with Gasteiger partial charge in [-0.1, -0.05) is 0 Å². The Balaban J connectivity index is 2.34. The largest absolute Gasteiger partial charge is 0.385 e. The molecule has 1 rings (SSSR count). The molecule has 2 N–H and O–H groups in total. The van der Waals surface area contributed by atoms with E-state index in [0.717, 1.165) is 25.9 Å². The highest BCUT2D eigenvalue weighted by Crippen LogP contribution is 2.24. The lowest BCUT2D eigenvalue weighted by molar-refractivity contribution is -0.129. The molecule has 4 heteroatoms. The predicted molar refractivity (Wildman–Crippen MR) is 59.7 cm³/mol. The maximum atomic E-state index is 11.9. The second kappa shape index (κ2) is 5.47. The average Bonchev–Trinajstić information content (AvgIpc) is 2.63. The maximum absolute atomic E-state index is 11.9. The molecule has 88 valence electrons. The number of hydrogen-bond donors (Lipinski definition) is 2. The molecule has 15 heavy (non-hydrogen) atoms. The van der Waals surface area contributed by atoms with Crippen LogP contribution in [0.15, 0.2) is 0 Å². The first kappa shape index (κ1) is 12.5. The number of rotatable bonds is 5. The van der Waals surface area contributed by atoms with Gasteiger partial charge in [-0.05, 0) is 33.2 Å². The van der Waals surface area contributed by atoms with Crippen molar-refractivity contribution < 1.29 is 9.53 Å². The summed E-state index contributed by atoms with van der Waals surface area (Å²) in [6.07, 6.45) is 1.79. The van der Waals surface area contributed by atoms with Crippen molar-refractivity contribution >= 4 is 5.91 Å². The second-order valence-corrected chi connectivity index (χ2v) is 4.64. The highest BCUT2D eigenvalue weighted by molar-refractivity contribution is 5.83. The van der Waals surface area contributed by atoms with Gasteiger partial charge in [0.1, 0.15) is 0 Å². The molecule has 0 aromatic carbocycles. The Hall–Kier alpha value is -0.610. The average molecular weight is 214 g/mol. The van der Waals surface area contributed by atoms with Gasteiger partial charge in [0.25, 0.3) is 0 Å². The number of amides is 1. The van der Waals surface area contributed by atoms with Crippen molar-refractivity contribution in [1.29, 1.82) is 0 Å². The molecule has 1 amide bonds. The molecular formula is C11H22N2O2. The standard InChI is InChI=1S/C11H22N2O2/c1-9(4-7-15-3)13-10(14)11(2)5-6-12-8-11/h9,12H,4-8H2,1-3H3,(H,13,14). The lowest BCUT2D eigenvalue weighted by atomic mass is 9.88. The zero-order chi connectivity index (χ0) is 11.3. The van der Waals surface area contributed by atoms with E-state index in [4.69, 9.17) is 4.74 Å². The van der Waals surface area contributed by atoms with E-state index in [1.165, 1.54) is 0 Å². The lowest BCUT2D eigenvalue weighted by Gasteiger charge is -2.24. The summed E-state index contributed by atoms with van der Waals surface area (Å²) in [4.78, 5) is 11.9. The van der Waals surface area contributed by atoms with Gasteiger partial charge in [-0.15, -0.1) is 0 Å². The minimum Gasteiger partial charge on any atom is -0.385 e. The Kier molecular flexibility index (Phi) is 4.54. The number of carbonyl (C=O) groups excluding carboxylic acids is 1. The van der Waals surface area contributed by atoms with Gasteiger partial charge in [0.05, 0.1) is 5.41 Å². The van der Waals surface area contributed by atoms with Crippen LogP contribution in [-0.4, -0.2) is 38.8 Å². The molecule has 1 aliphatic heterocycles. The number of carbonyl (C=O) groups is 1. The third-order valence-corrected chi connectivity index (χ3v) is 3.05. The van der Waals surface area contributed by atoms with Gasteiger partial charge in [0.2, 0.25) is 5.91 Å². The molecule has 0 aromatic rings. The first-order valence-corrected chi connectivity index (χ1v) is 5.59. The van der Waals surface area contributed by atoms with Crippen LogP contribution < -0.4 is 10.6 Å². The molecule has 1 fully saturated rings. The Morgan fingerprint density at radius 1 is 1.67 bits per heavy atom. The molecule has 2 atom stereocenters. The molecule has 1 heterocycles. The summed E-state index contributed by atoms with van der Waals surface area (Å²) in [5, 5.41) is 6.26. The van der Waals surface area contributed by atoms with E-state index in [9.17, 15) is 4.79 Å². The summed E-state index contributed by atoms with van der Waals surface area (Å²) < 4.78 is 4.98. The van der Waals surface area contributed by atoms with Crippen molar-refractivity contribution in [3.05, 3.63) is 0 Å². The predicted octanol–water partition coefficient (Wildman–Crippen LogP) is 0.527. The van der Waals surface area contributed by atoms with Gasteiger partial charge in [0, 0.05) is 26.3 Å². The molecule has 0 radical (unpaired) electrons. The second-order valence-electron chi connectivity index (χ2n) is 4.64. The SMILES string of the molecule is COCCC(C)NC(=O)C1(C)CCNC1. The third kappa shape index (κ3) is 3.47. The Bertz CT molecular complexity index is 213. The maximum Gasteiger partial charge on any atom is 0.227 e. The molecule has 0 saturated carbocycles. The highest BCUT2D eigenvalue weighted by atomic mass is 16.5. The molecule has 1 saturated heterocycles. The van der Waals surface area contributed by atoms with Gasteiger partial charge in [-0.2, -0.15) is 0 Å². The van der Waals surface area contributed by atoms with E-state index in [1.807, 2.05) is 13.8 Å². The van der Waals surface area contributed by atoms with Gasteiger partial charge in [0.15, 0.2) is 0 Å². The summed E-state index contributed by atoms with van der Waals surface area (Å²) in [5.41, 5.74) is -0.221. The summed E-state index contributed by atoms with van der Waals surface area (Å²) in [6, 6.07) is 0.190. The normalized spacial score (nSPS) is 27.7. The summed E-state index contributed by atoms with van der Waals surface area (Å²) in [5.74, 6) is 0.163. The Labute approximate surface area is 91.8 Å². The van der Waals surface area contributed by atoms with Crippen molar-refractivity contribution in [2.24, 2.45) is 5.41 Å². The van der Waals surface area contributed by atoms with Crippen LogP contribution in [0.5, 0.6) is 0 Å². The molecular weight excluding hydrogens is 192 g/mol. The quantitative estimate of drug-likeness (QED) is 0.702. The zero-order valence-corrected chi connectivity index (χ0v) is 9.93. The lowest BCUT2D eigenvalue weighted by Crippen LogP contribution is -2.44. The molecule has 4 nitrogen and oxygen atoms in total. The number of methoxy groups -OCH3 is 1. The van der Waals surface area contributed by atoms with Gasteiger partial charge >= 0.3 is 0 Å². The van der Waals surface area contributed by atoms with Crippen molar-refractivity contribution in [1.82, 2.24) is 10.6 Å². The molecule has 0 bridgehead atoms. The first-order chi connectivity index (χ1) is 7.08. The summed E-state index contributed by atoms with van der Waals surface area (Å²) >= 11 is 0. The van der Waals surface area contributed by atoms with E-state index in [1.54, 1.807) is 7.11 Å². The van der Waals surface area contributed by atoms with E-state index < -0.39 is 0 Å². The minimum absolute atomic E-state index is 0.163. The van der Waals surface area contributed by atoms with E-state index in [2.05, 4.69) is 10.6 Å². The van der Waals surface area contributed by atoms with Crippen LogP contribution in [0.1, 0.15) is 26.7 Å². The van der Waals surface area contributed by atoms with Crippen molar-refractivity contribution in [2.45, 2.75) is 32.7 Å². The van der Waals surface area contributed by atoms with Crippen molar-refractivity contribution in [3.8, 4) is 0 Å². The monoisotopic (exact) mass is 214 g/mol. The van der Waals surface area contributed by atoms with Crippen molar-refractivity contribution in [2.75, 3.05) is 26.8 Å². The zero-order valence-electron chi connectivity index (χ0n) is 9.93. The third-order valence-electron chi connectivity index (χ3n) is 3.05. The Morgan fingerprint density at radius 3 is 2.93 bits per heavy atom. The molecule has 0 aromatic heterocycles. The fraction of sp³-hybridized carbons (Fsp3) is 0.909. The van der Waals surface area contributed by atoms with Crippen LogP contribution in [0.3, 0.4) is 0 Å². The molecule has 2 unspecified atom stereocenters. The topological polar surface area (TPSA) is 50.4 Å². The number of hydrogen-bond acceptors (Lipinski definition) is 3. The Morgan fingerprint density at radius 2 is 2.40 bits per heavy atom. The van der Waals surface area contributed by atoms with Crippen LogP contribution >= 0.6 is 0 Å².